The van der Waals surface area contributed by atoms with Crippen LogP contribution in [0.15, 0.2) is 36.9 Å². The third kappa shape index (κ3) is 5.86. The third-order valence-electron chi connectivity index (χ3n) is 4.42. The molecule has 1 aliphatic heterocycles. The van der Waals surface area contributed by atoms with Gasteiger partial charge >= 0.3 is 0 Å². The molecule has 0 aliphatic carbocycles. The quantitative estimate of drug-likeness (QED) is 0.753. The summed E-state index contributed by atoms with van der Waals surface area (Å²) in [4.78, 5) is 14.5. The molecule has 0 radical (unpaired) electrons. The van der Waals surface area contributed by atoms with Crippen molar-refractivity contribution >= 4 is 27.3 Å². The third-order valence-corrected chi connectivity index (χ3v) is 5.64. The Morgan fingerprint density at radius 2 is 1.92 bits per heavy atom. The molecule has 0 atom stereocenters. The molecule has 1 fully saturated rings. The van der Waals surface area contributed by atoms with E-state index in [0.29, 0.717) is 5.69 Å². The first-order valence-electron chi connectivity index (χ1n) is 8.50. The molecule has 138 valence electrons. The fourth-order valence-corrected chi connectivity index (χ4v) is 3.57. The van der Waals surface area contributed by atoms with E-state index in [2.05, 4.69) is 23.7 Å². The van der Waals surface area contributed by atoms with E-state index in [4.69, 9.17) is 0 Å². The lowest BCUT2D eigenvalue weighted by molar-refractivity contribution is -0.116. The van der Waals surface area contributed by atoms with Gasteiger partial charge in [-0.05, 0) is 43.0 Å². The van der Waals surface area contributed by atoms with Gasteiger partial charge in [0.15, 0.2) is 0 Å². The maximum Gasteiger partial charge on any atom is 0.239 e. The Hall–Kier alpha value is -1.86. The SMILES string of the molecule is C=CCN(CC(=O)Nc1ccc(N2CCC(C)CC2)cc1)S(C)(=O)=O. The van der Waals surface area contributed by atoms with Gasteiger partial charge in [-0.3, -0.25) is 4.79 Å². The van der Waals surface area contributed by atoms with Crippen molar-refractivity contribution in [3.63, 3.8) is 0 Å². The summed E-state index contributed by atoms with van der Waals surface area (Å²) in [5, 5.41) is 2.74. The van der Waals surface area contributed by atoms with Crippen LogP contribution in [-0.4, -0.2) is 51.1 Å². The summed E-state index contributed by atoms with van der Waals surface area (Å²) >= 11 is 0. The van der Waals surface area contributed by atoms with E-state index in [1.807, 2.05) is 24.3 Å². The minimum atomic E-state index is -3.45. The summed E-state index contributed by atoms with van der Waals surface area (Å²) in [6.45, 7) is 7.79. The van der Waals surface area contributed by atoms with E-state index < -0.39 is 10.0 Å². The molecular formula is C18H27N3O3S. The summed E-state index contributed by atoms with van der Waals surface area (Å²) < 4.78 is 24.4. The van der Waals surface area contributed by atoms with Crippen LogP contribution in [0.2, 0.25) is 0 Å². The highest BCUT2D eigenvalue weighted by Crippen LogP contribution is 2.24. The molecule has 0 spiro atoms. The van der Waals surface area contributed by atoms with Crippen molar-refractivity contribution in [2.24, 2.45) is 5.92 Å². The number of nitrogens with zero attached hydrogens (tertiary/aromatic N) is 2. The number of nitrogens with one attached hydrogen (secondary N) is 1. The number of amides is 1. The van der Waals surface area contributed by atoms with Crippen LogP contribution in [0, 0.1) is 5.92 Å². The molecule has 2 rings (SSSR count). The zero-order valence-corrected chi connectivity index (χ0v) is 15.8. The lowest BCUT2D eigenvalue weighted by Crippen LogP contribution is -2.37. The Balaban J connectivity index is 1.94. The van der Waals surface area contributed by atoms with Crippen molar-refractivity contribution in [2.75, 3.05) is 42.7 Å². The molecule has 1 amide bonds. The number of anilines is 2. The Bertz CT molecular complexity index is 693. The molecule has 25 heavy (non-hydrogen) atoms. The zero-order valence-electron chi connectivity index (χ0n) is 14.9. The van der Waals surface area contributed by atoms with Crippen LogP contribution in [-0.2, 0) is 14.8 Å². The maximum atomic E-state index is 12.1. The fraction of sp³-hybridized carbons (Fsp3) is 0.500. The number of hydrogen-bond acceptors (Lipinski definition) is 4. The Morgan fingerprint density at radius 1 is 1.32 bits per heavy atom. The fourth-order valence-electron chi connectivity index (χ4n) is 2.84. The molecule has 1 aliphatic rings. The second kappa shape index (κ2) is 8.49. The van der Waals surface area contributed by atoms with Crippen LogP contribution in [0.4, 0.5) is 11.4 Å². The molecule has 0 unspecified atom stereocenters. The van der Waals surface area contributed by atoms with E-state index in [9.17, 15) is 13.2 Å². The monoisotopic (exact) mass is 365 g/mol. The van der Waals surface area contributed by atoms with Gasteiger partial charge in [0.05, 0.1) is 12.8 Å². The molecule has 1 saturated heterocycles. The van der Waals surface area contributed by atoms with Gasteiger partial charge in [0.2, 0.25) is 15.9 Å². The van der Waals surface area contributed by atoms with Crippen molar-refractivity contribution in [3.8, 4) is 0 Å². The average Bonchev–Trinajstić information content (AvgIpc) is 2.55. The summed E-state index contributed by atoms with van der Waals surface area (Å²) in [6.07, 6.45) is 4.94. The first kappa shape index (κ1) is 19.5. The summed E-state index contributed by atoms with van der Waals surface area (Å²) in [5.41, 5.74) is 1.81. The second-order valence-corrected chi connectivity index (χ2v) is 8.59. The summed E-state index contributed by atoms with van der Waals surface area (Å²) in [6, 6.07) is 7.68. The molecule has 1 N–H and O–H groups in total. The van der Waals surface area contributed by atoms with Crippen LogP contribution < -0.4 is 10.2 Å². The molecule has 0 bridgehead atoms. The molecule has 6 nitrogen and oxygen atoms in total. The van der Waals surface area contributed by atoms with Gasteiger partial charge in [0.25, 0.3) is 0 Å². The van der Waals surface area contributed by atoms with Crippen LogP contribution in [0.5, 0.6) is 0 Å². The van der Waals surface area contributed by atoms with E-state index in [0.717, 1.165) is 35.3 Å². The number of rotatable bonds is 7. The van der Waals surface area contributed by atoms with E-state index in [1.165, 1.54) is 18.9 Å². The largest absolute Gasteiger partial charge is 0.372 e. The minimum absolute atomic E-state index is 0.110. The smallest absolute Gasteiger partial charge is 0.239 e. The molecule has 1 aromatic rings. The molecular weight excluding hydrogens is 338 g/mol. The number of carbonyl (C=O) groups is 1. The van der Waals surface area contributed by atoms with Gasteiger partial charge in [0, 0.05) is 31.0 Å². The van der Waals surface area contributed by atoms with Gasteiger partial charge in [-0.25, -0.2) is 8.42 Å². The molecule has 7 heteroatoms. The van der Waals surface area contributed by atoms with Gasteiger partial charge in [0.1, 0.15) is 0 Å². The van der Waals surface area contributed by atoms with Gasteiger partial charge in [-0.2, -0.15) is 4.31 Å². The maximum absolute atomic E-state index is 12.1. The first-order valence-corrected chi connectivity index (χ1v) is 10.4. The van der Waals surface area contributed by atoms with Gasteiger partial charge in [-0.1, -0.05) is 13.0 Å². The molecule has 1 heterocycles. The van der Waals surface area contributed by atoms with Crippen molar-refractivity contribution in [2.45, 2.75) is 19.8 Å². The van der Waals surface area contributed by atoms with Crippen LogP contribution in [0.3, 0.4) is 0 Å². The topological polar surface area (TPSA) is 69.7 Å². The van der Waals surface area contributed by atoms with E-state index >= 15 is 0 Å². The van der Waals surface area contributed by atoms with Crippen LogP contribution >= 0.6 is 0 Å². The standard InChI is InChI=1S/C18H27N3O3S/c1-4-11-21(25(3,23)24)14-18(22)19-16-5-7-17(8-6-16)20-12-9-15(2)10-13-20/h4-8,15H,1,9-14H2,2-3H3,(H,19,22). The predicted octanol–water partition coefficient (Wildman–Crippen LogP) is 2.31. The Kier molecular flexibility index (Phi) is 6.61. The average molecular weight is 365 g/mol. The van der Waals surface area contributed by atoms with Crippen molar-refractivity contribution in [3.05, 3.63) is 36.9 Å². The first-order chi connectivity index (χ1) is 11.8. The van der Waals surface area contributed by atoms with Crippen molar-refractivity contribution in [1.82, 2.24) is 4.31 Å². The predicted molar refractivity (Wildman–Crippen MR) is 102 cm³/mol. The van der Waals surface area contributed by atoms with Crippen molar-refractivity contribution < 1.29 is 13.2 Å². The number of piperidine rings is 1. The summed E-state index contributed by atoms with van der Waals surface area (Å²) in [7, 11) is -3.45. The van der Waals surface area contributed by atoms with Gasteiger partial charge < -0.3 is 10.2 Å². The Labute approximate surface area is 150 Å². The highest BCUT2D eigenvalue weighted by atomic mass is 32.2. The highest BCUT2D eigenvalue weighted by molar-refractivity contribution is 7.88. The number of hydrogen-bond donors (Lipinski definition) is 1. The lowest BCUT2D eigenvalue weighted by Gasteiger charge is -2.32. The van der Waals surface area contributed by atoms with Crippen LogP contribution in [0.1, 0.15) is 19.8 Å². The summed E-state index contributed by atoms with van der Waals surface area (Å²) in [5.74, 6) is 0.412. The molecule has 0 saturated carbocycles. The molecule has 1 aromatic carbocycles. The molecule has 0 aromatic heterocycles. The van der Waals surface area contributed by atoms with Gasteiger partial charge in [-0.15, -0.1) is 6.58 Å². The second-order valence-electron chi connectivity index (χ2n) is 6.61. The van der Waals surface area contributed by atoms with E-state index in [-0.39, 0.29) is 19.0 Å². The lowest BCUT2D eigenvalue weighted by atomic mass is 9.99. The van der Waals surface area contributed by atoms with E-state index in [1.54, 1.807) is 0 Å². The van der Waals surface area contributed by atoms with Crippen LogP contribution in [0.25, 0.3) is 0 Å². The normalized spacial score (nSPS) is 16.0. The number of carbonyl (C=O) groups excluding carboxylic acids is 1. The zero-order chi connectivity index (χ0) is 18.4. The minimum Gasteiger partial charge on any atom is -0.372 e. The number of benzene rings is 1. The van der Waals surface area contributed by atoms with Crippen molar-refractivity contribution in [1.29, 1.82) is 0 Å². The highest BCUT2D eigenvalue weighted by Gasteiger charge is 2.19. The number of sulfonamides is 1. The Morgan fingerprint density at radius 3 is 2.44 bits per heavy atom.